The summed E-state index contributed by atoms with van der Waals surface area (Å²) in [6, 6.07) is 0. The summed E-state index contributed by atoms with van der Waals surface area (Å²) >= 11 is 0. The quantitative estimate of drug-likeness (QED) is 0.0305. The molecule has 0 radical (unpaired) electrons. The number of nitrogens with zero attached hydrogens (tertiary/aromatic N) is 1. The van der Waals surface area contributed by atoms with Crippen LogP contribution in [0.5, 0.6) is 0 Å². The van der Waals surface area contributed by atoms with Crippen molar-refractivity contribution in [2.24, 2.45) is 0 Å². The molecule has 0 saturated heterocycles. The van der Waals surface area contributed by atoms with E-state index in [1.54, 1.807) is 0 Å². The Bertz CT molecular complexity index is 768. The van der Waals surface area contributed by atoms with Gasteiger partial charge in [-0.1, -0.05) is 128 Å². The van der Waals surface area contributed by atoms with E-state index in [0.29, 0.717) is 32.5 Å². The topological polar surface area (TPSA) is 85.3 Å². The van der Waals surface area contributed by atoms with Gasteiger partial charge in [-0.2, -0.15) is 0 Å². The molecule has 0 spiro atoms. The summed E-state index contributed by atoms with van der Waals surface area (Å²) in [5.41, 5.74) is 0. The fourth-order valence-electron chi connectivity index (χ4n) is 5.63. The summed E-state index contributed by atoms with van der Waals surface area (Å²) in [5, 5.41) is 10.00. The standard InChI is InChI=1S/C41H77NO6/c1-5-7-9-21-27-36-46-39(43)32-25-19-15-11-13-17-23-30-38(48-41(45)34-29-35-42(3)4)31-24-18-14-12-16-20-26-33-40(44)47-37-28-22-10-8-6-2/h21-22,27-28,38-39,43H,5-20,23-26,29-37H2,1-4H3/b27-21-,28-22-. The molecule has 0 bridgehead atoms. The minimum atomic E-state index is -0.654. The molecule has 2 unspecified atom stereocenters. The lowest BCUT2D eigenvalue weighted by atomic mass is 10.0. The molecule has 0 aromatic heterocycles. The van der Waals surface area contributed by atoms with Gasteiger partial charge >= 0.3 is 11.9 Å². The lowest BCUT2D eigenvalue weighted by Gasteiger charge is -2.18. The number of unbranched alkanes of at least 4 members (excludes halogenated alkanes) is 16. The smallest absolute Gasteiger partial charge is 0.306 e. The zero-order valence-corrected chi connectivity index (χ0v) is 31.9. The Labute approximate surface area is 296 Å². The number of esters is 2. The molecule has 0 heterocycles. The molecule has 0 rings (SSSR count). The van der Waals surface area contributed by atoms with E-state index in [4.69, 9.17) is 14.2 Å². The molecule has 0 fully saturated rings. The van der Waals surface area contributed by atoms with Crippen LogP contribution in [0.3, 0.4) is 0 Å². The number of hydrogen-bond donors (Lipinski definition) is 1. The van der Waals surface area contributed by atoms with Crippen molar-refractivity contribution in [1.82, 2.24) is 4.90 Å². The molecule has 0 amide bonds. The van der Waals surface area contributed by atoms with E-state index in [-0.39, 0.29) is 18.0 Å². The van der Waals surface area contributed by atoms with Crippen LogP contribution < -0.4 is 0 Å². The highest BCUT2D eigenvalue weighted by molar-refractivity contribution is 5.69. The summed E-state index contributed by atoms with van der Waals surface area (Å²) in [6.45, 7) is 6.16. The normalized spacial score (nSPS) is 13.1. The molecule has 0 saturated carbocycles. The van der Waals surface area contributed by atoms with Crippen LogP contribution in [0.25, 0.3) is 0 Å². The van der Waals surface area contributed by atoms with Gasteiger partial charge in [-0.15, -0.1) is 0 Å². The van der Waals surface area contributed by atoms with Crippen LogP contribution in [-0.2, 0) is 23.8 Å². The number of hydrogen-bond acceptors (Lipinski definition) is 7. The second-order valence-corrected chi connectivity index (χ2v) is 13.8. The van der Waals surface area contributed by atoms with E-state index >= 15 is 0 Å². The van der Waals surface area contributed by atoms with Gasteiger partial charge in [0.25, 0.3) is 0 Å². The first-order valence-electron chi connectivity index (χ1n) is 20.0. The fraction of sp³-hybridized carbons (Fsp3) is 0.854. The van der Waals surface area contributed by atoms with E-state index in [1.165, 1.54) is 64.2 Å². The summed E-state index contributed by atoms with van der Waals surface area (Å²) < 4.78 is 16.7. The minimum Gasteiger partial charge on any atom is -0.462 e. The summed E-state index contributed by atoms with van der Waals surface area (Å²) in [6.07, 6.45) is 34.7. The van der Waals surface area contributed by atoms with Crippen LogP contribution >= 0.6 is 0 Å². The monoisotopic (exact) mass is 680 g/mol. The van der Waals surface area contributed by atoms with E-state index in [2.05, 4.69) is 30.9 Å². The molecule has 0 aromatic rings. The Balaban J connectivity index is 4.04. The second-order valence-electron chi connectivity index (χ2n) is 13.8. The maximum atomic E-state index is 12.5. The highest BCUT2D eigenvalue weighted by Gasteiger charge is 2.14. The van der Waals surface area contributed by atoms with Gasteiger partial charge in [0.2, 0.25) is 0 Å². The Kier molecular flexibility index (Phi) is 35.3. The first-order chi connectivity index (χ1) is 23.4. The molecule has 2 atom stereocenters. The van der Waals surface area contributed by atoms with Crippen LogP contribution in [0.2, 0.25) is 0 Å². The summed E-state index contributed by atoms with van der Waals surface area (Å²) in [7, 11) is 4.06. The summed E-state index contributed by atoms with van der Waals surface area (Å²) in [5.74, 6) is -0.136. The number of carbonyl (C=O) groups is 2. The van der Waals surface area contributed by atoms with Gasteiger partial charge in [0.15, 0.2) is 6.29 Å². The number of rotatable bonds is 36. The van der Waals surface area contributed by atoms with Crippen molar-refractivity contribution in [2.75, 3.05) is 33.9 Å². The lowest BCUT2D eigenvalue weighted by molar-refractivity contribution is -0.150. The molecule has 0 aromatic carbocycles. The van der Waals surface area contributed by atoms with Gasteiger partial charge in [-0.05, 0) is 84.8 Å². The summed E-state index contributed by atoms with van der Waals surface area (Å²) in [4.78, 5) is 26.5. The molecule has 7 heteroatoms. The van der Waals surface area contributed by atoms with Gasteiger partial charge in [-0.3, -0.25) is 9.59 Å². The van der Waals surface area contributed by atoms with Crippen molar-refractivity contribution in [3.05, 3.63) is 24.3 Å². The van der Waals surface area contributed by atoms with Crippen LogP contribution in [-0.4, -0.2) is 68.2 Å². The van der Waals surface area contributed by atoms with Crippen molar-refractivity contribution in [3.63, 3.8) is 0 Å². The number of carbonyl (C=O) groups excluding carboxylic acids is 2. The van der Waals surface area contributed by atoms with Gasteiger partial charge in [0.05, 0.1) is 6.61 Å². The zero-order chi connectivity index (χ0) is 35.3. The number of aliphatic hydroxyl groups excluding tert-OH is 1. The third kappa shape index (κ3) is 35.6. The average molecular weight is 680 g/mol. The molecular weight excluding hydrogens is 602 g/mol. The zero-order valence-electron chi connectivity index (χ0n) is 31.9. The van der Waals surface area contributed by atoms with E-state index in [0.717, 1.165) is 90.0 Å². The Morgan fingerprint density at radius 2 is 1.06 bits per heavy atom. The van der Waals surface area contributed by atoms with Crippen LogP contribution in [0.1, 0.15) is 181 Å². The number of allylic oxidation sites excluding steroid dienone is 2. The van der Waals surface area contributed by atoms with Crippen molar-refractivity contribution < 1.29 is 28.9 Å². The van der Waals surface area contributed by atoms with Crippen molar-refractivity contribution in [3.8, 4) is 0 Å². The third-order valence-electron chi connectivity index (χ3n) is 8.68. The maximum absolute atomic E-state index is 12.5. The molecule has 0 aliphatic carbocycles. The molecule has 7 nitrogen and oxygen atoms in total. The minimum absolute atomic E-state index is 0.0346. The largest absolute Gasteiger partial charge is 0.462 e. The highest BCUT2D eigenvalue weighted by Crippen LogP contribution is 2.18. The van der Waals surface area contributed by atoms with Gasteiger partial charge in [0, 0.05) is 12.8 Å². The number of aliphatic hydroxyl groups is 1. The third-order valence-corrected chi connectivity index (χ3v) is 8.68. The van der Waals surface area contributed by atoms with Crippen molar-refractivity contribution in [2.45, 2.75) is 193 Å². The van der Waals surface area contributed by atoms with Crippen molar-refractivity contribution in [1.29, 1.82) is 0 Å². The molecule has 0 aliphatic rings. The van der Waals surface area contributed by atoms with Crippen LogP contribution in [0, 0.1) is 0 Å². The van der Waals surface area contributed by atoms with Crippen LogP contribution in [0.4, 0.5) is 0 Å². The fourth-order valence-corrected chi connectivity index (χ4v) is 5.63. The van der Waals surface area contributed by atoms with Gasteiger partial charge < -0.3 is 24.2 Å². The molecular formula is C41H77NO6. The average Bonchev–Trinajstić information content (AvgIpc) is 3.05. The van der Waals surface area contributed by atoms with Gasteiger partial charge in [0.1, 0.15) is 12.7 Å². The number of ether oxygens (including phenoxy) is 3. The van der Waals surface area contributed by atoms with Crippen LogP contribution in [0.15, 0.2) is 24.3 Å². The van der Waals surface area contributed by atoms with E-state index < -0.39 is 6.29 Å². The lowest BCUT2D eigenvalue weighted by Crippen LogP contribution is -2.20. The maximum Gasteiger partial charge on any atom is 0.306 e. The second kappa shape index (κ2) is 36.6. The molecule has 1 N–H and O–H groups in total. The molecule has 48 heavy (non-hydrogen) atoms. The SMILES string of the molecule is CCCC/C=C\COC(=O)CCCCCCCCCC(CCCCCCCCCC(O)OC/C=C\CCCC)OC(=O)CCCN(C)C. The molecule has 282 valence electrons. The predicted molar refractivity (Wildman–Crippen MR) is 201 cm³/mol. The van der Waals surface area contributed by atoms with E-state index in [1.807, 2.05) is 26.2 Å². The first-order valence-corrected chi connectivity index (χ1v) is 20.0. The molecule has 0 aliphatic heterocycles. The first kappa shape index (κ1) is 46.3. The Hall–Kier alpha value is -1.70. The predicted octanol–water partition coefficient (Wildman–Crippen LogP) is 10.6. The Morgan fingerprint density at radius 1 is 0.583 bits per heavy atom. The Morgan fingerprint density at radius 3 is 1.60 bits per heavy atom. The van der Waals surface area contributed by atoms with E-state index in [9.17, 15) is 14.7 Å². The van der Waals surface area contributed by atoms with Crippen molar-refractivity contribution >= 4 is 11.9 Å². The van der Waals surface area contributed by atoms with Gasteiger partial charge in [-0.25, -0.2) is 0 Å². The highest BCUT2D eigenvalue weighted by atomic mass is 16.6.